The SMILES string of the molecule is CC[C@H](C)[C@H](NC(=O)C1(F)CC1)C(=O)N1C[C@H]2[C@@H]([C@H]1C(=O)NN(C[C@H]1CCCNC1=O)C(=O)[C@H](F)Cl)C2(C)C. The van der Waals surface area contributed by atoms with E-state index < -0.39 is 52.9 Å². The summed E-state index contributed by atoms with van der Waals surface area (Å²) in [6, 6.07) is -2.04. The molecule has 5 amide bonds. The van der Waals surface area contributed by atoms with E-state index >= 15 is 0 Å². The van der Waals surface area contributed by atoms with Gasteiger partial charge in [0.15, 0.2) is 5.67 Å². The Balaban J connectivity index is 1.55. The van der Waals surface area contributed by atoms with Crippen LogP contribution in [0.1, 0.15) is 59.8 Å². The minimum atomic E-state index is -2.44. The minimum Gasteiger partial charge on any atom is -0.356 e. The van der Waals surface area contributed by atoms with Gasteiger partial charge in [-0.1, -0.05) is 45.7 Å². The first-order valence-electron chi connectivity index (χ1n) is 13.7. The lowest BCUT2D eigenvalue weighted by molar-refractivity contribution is -0.151. The highest BCUT2D eigenvalue weighted by molar-refractivity contribution is 6.29. The van der Waals surface area contributed by atoms with E-state index in [0.717, 1.165) is 5.01 Å². The lowest BCUT2D eigenvalue weighted by Gasteiger charge is -2.36. The third-order valence-electron chi connectivity index (χ3n) is 9.12. The molecule has 2 aliphatic heterocycles. The molecule has 2 saturated heterocycles. The van der Waals surface area contributed by atoms with Crippen molar-refractivity contribution in [1.29, 1.82) is 0 Å². The lowest BCUT2D eigenvalue weighted by atomic mass is 9.95. The number of nitrogens with one attached hydrogen (secondary N) is 3. The topological polar surface area (TPSA) is 128 Å². The van der Waals surface area contributed by atoms with Gasteiger partial charge >= 0.3 is 0 Å². The van der Waals surface area contributed by atoms with Gasteiger partial charge in [-0.2, -0.15) is 0 Å². The molecule has 39 heavy (non-hydrogen) atoms. The first kappa shape index (κ1) is 29.5. The summed E-state index contributed by atoms with van der Waals surface area (Å²) in [6.07, 6.45) is 1.85. The van der Waals surface area contributed by atoms with E-state index in [0.29, 0.717) is 25.8 Å². The molecule has 2 aliphatic carbocycles. The first-order valence-corrected chi connectivity index (χ1v) is 14.1. The number of piperidine rings is 2. The molecule has 0 aromatic heterocycles. The minimum absolute atomic E-state index is 0.00309. The normalized spacial score (nSPS) is 30.2. The quantitative estimate of drug-likeness (QED) is 0.284. The first-order chi connectivity index (χ1) is 18.2. The van der Waals surface area contributed by atoms with Crippen LogP contribution >= 0.6 is 11.6 Å². The second-order valence-electron chi connectivity index (χ2n) is 12.0. The maximum Gasteiger partial charge on any atom is 0.291 e. The summed E-state index contributed by atoms with van der Waals surface area (Å²) in [7, 11) is 0. The number of likely N-dealkylation sites (tertiary alicyclic amines) is 1. The number of fused-ring (bicyclic) bond motifs is 1. The van der Waals surface area contributed by atoms with Crippen LogP contribution in [0.2, 0.25) is 0 Å². The van der Waals surface area contributed by atoms with Crippen LogP contribution in [0.3, 0.4) is 0 Å². The van der Waals surface area contributed by atoms with Gasteiger partial charge in [0.2, 0.25) is 11.8 Å². The van der Waals surface area contributed by atoms with Gasteiger partial charge in [-0.05, 0) is 48.9 Å². The van der Waals surface area contributed by atoms with Crippen LogP contribution in [0, 0.1) is 29.1 Å². The standard InChI is InChI=1S/C26H38ClF2N5O5/c1-5-13(2)17(31-24(39)26(29)8-9-26)22(37)33-12-15-16(25(15,3)4)18(33)21(36)32-34(23(38)19(27)28)11-14-7-6-10-30-20(14)35/h13-19H,5-12H2,1-4H3,(H,30,35)(H,31,39)(H,32,36)/t13-,14+,15-,16-,17-,18-,19-/m0/s1. The van der Waals surface area contributed by atoms with Crippen LogP contribution in [-0.4, -0.2) is 82.5 Å². The summed E-state index contributed by atoms with van der Waals surface area (Å²) < 4.78 is 28.3. The van der Waals surface area contributed by atoms with Gasteiger partial charge < -0.3 is 15.5 Å². The highest BCUT2D eigenvalue weighted by Crippen LogP contribution is 2.65. The average Bonchev–Trinajstić information content (AvgIpc) is 3.68. The van der Waals surface area contributed by atoms with Crippen molar-refractivity contribution in [2.45, 2.75) is 83.2 Å². The Morgan fingerprint density at radius 2 is 1.92 bits per heavy atom. The van der Waals surface area contributed by atoms with Gasteiger partial charge in [-0.15, -0.1) is 0 Å². The number of amides is 5. The smallest absolute Gasteiger partial charge is 0.291 e. The van der Waals surface area contributed by atoms with E-state index in [1.165, 1.54) is 4.90 Å². The third-order valence-corrected chi connectivity index (χ3v) is 9.31. The number of halogens is 3. The zero-order chi connectivity index (χ0) is 28.9. The van der Waals surface area contributed by atoms with Gasteiger partial charge in [0.05, 0.1) is 12.5 Å². The van der Waals surface area contributed by atoms with Crippen molar-refractivity contribution in [3.63, 3.8) is 0 Å². The summed E-state index contributed by atoms with van der Waals surface area (Å²) in [5, 5.41) is 6.00. The van der Waals surface area contributed by atoms with Crippen LogP contribution in [-0.2, 0) is 24.0 Å². The van der Waals surface area contributed by atoms with Crippen molar-refractivity contribution >= 4 is 41.1 Å². The largest absolute Gasteiger partial charge is 0.356 e. The molecule has 0 spiro atoms. The Kier molecular flexibility index (Phi) is 8.18. The molecule has 0 aromatic rings. The molecule has 0 unspecified atom stereocenters. The summed E-state index contributed by atoms with van der Waals surface area (Å²) in [5.41, 5.74) is -2.23. The number of rotatable bonds is 9. The Morgan fingerprint density at radius 3 is 2.49 bits per heavy atom. The highest BCUT2D eigenvalue weighted by atomic mass is 35.5. The second kappa shape index (κ2) is 10.8. The van der Waals surface area contributed by atoms with Gasteiger partial charge in [-0.3, -0.25) is 29.4 Å². The van der Waals surface area contributed by atoms with Crippen molar-refractivity contribution in [3.05, 3.63) is 0 Å². The molecule has 2 saturated carbocycles. The Bertz CT molecular complexity index is 1040. The molecule has 4 rings (SSSR count). The predicted octanol–water partition coefficient (Wildman–Crippen LogP) is 1.42. The van der Waals surface area contributed by atoms with Gasteiger partial charge in [0, 0.05) is 13.1 Å². The predicted molar refractivity (Wildman–Crippen MR) is 137 cm³/mol. The number of carbonyl (C=O) groups excluding carboxylic acids is 5. The third kappa shape index (κ3) is 5.71. The molecule has 3 N–H and O–H groups in total. The second-order valence-corrected chi connectivity index (χ2v) is 12.4. The van der Waals surface area contributed by atoms with Gasteiger partial charge in [-0.25, -0.2) is 13.8 Å². The van der Waals surface area contributed by atoms with Gasteiger partial charge in [0.1, 0.15) is 12.1 Å². The number of carbonyl (C=O) groups is 5. The van der Waals surface area contributed by atoms with E-state index in [9.17, 15) is 32.8 Å². The molecule has 4 aliphatic rings. The van der Waals surface area contributed by atoms with E-state index in [1.807, 2.05) is 20.8 Å². The molecule has 0 aromatic carbocycles. The van der Waals surface area contributed by atoms with Crippen LogP contribution in [0.15, 0.2) is 0 Å². The fourth-order valence-corrected chi connectivity index (χ4v) is 6.14. The Labute approximate surface area is 231 Å². The van der Waals surface area contributed by atoms with Crippen molar-refractivity contribution in [3.8, 4) is 0 Å². The fourth-order valence-electron chi connectivity index (χ4n) is 6.02. The van der Waals surface area contributed by atoms with Crippen molar-refractivity contribution < 1.29 is 32.8 Å². The molecule has 4 fully saturated rings. The molecule has 10 nitrogen and oxygen atoms in total. The molecule has 218 valence electrons. The molecule has 13 heteroatoms. The highest BCUT2D eigenvalue weighted by Gasteiger charge is 2.70. The summed E-state index contributed by atoms with van der Waals surface area (Å²) >= 11 is 5.42. The number of nitrogens with zero attached hydrogens (tertiary/aromatic N) is 2. The summed E-state index contributed by atoms with van der Waals surface area (Å²) in [5.74, 6) is -4.80. The van der Waals surface area contributed by atoms with Crippen molar-refractivity contribution in [2.24, 2.45) is 29.1 Å². The zero-order valence-corrected chi connectivity index (χ0v) is 23.5. The Morgan fingerprint density at radius 1 is 1.26 bits per heavy atom. The Hall–Kier alpha value is -2.50. The molecule has 0 radical (unpaired) electrons. The van der Waals surface area contributed by atoms with Crippen LogP contribution < -0.4 is 16.1 Å². The lowest BCUT2D eigenvalue weighted by Crippen LogP contribution is -2.61. The maximum atomic E-state index is 14.4. The molecule has 0 bridgehead atoms. The average molecular weight is 574 g/mol. The van der Waals surface area contributed by atoms with Crippen LogP contribution in [0.4, 0.5) is 8.78 Å². The summed E-state index contributed by atoms with van der Waals surface area (Å²) in [4.78, 5) is 66.2. The number of hydrogen-bond acceptors (Lipinski definition) is 5. The van der Waals surface area contributed by atoms with E-state index in [2.05, 4.69) is 16.1 Å². The number of hydrogen-bond donors (Lipinski definition) is 3. The van der Waals surface area contributed by atoms with Crippen molar-refractivity contribution in [2.75, 3.05) is 19.6 Å². The monoisotopic (exact) mass is 573 g/mol. The molecular weight excluding hydrogens is 536 g/mol. The summed E-state index contributed by atoms with van der Waals surface area (Å²) in [6.45, 7) is 8.04. The van der Waals surface area contributed by atoms with E-state index in [4.69, 9.17) is 11.6 Å². The van der Waals surface area contributed by atoms with E-state index in [-0.39, 0.29) is 55.0 Å². The number of alkyl halides is 3. The van der Waals surface area contributed by atoms with E-state index in [1.54, 1.807) is 6.92 Å². The van der Waals surface area contributed by atoms with Crippen LogP contribution in [0.25, 0.3) is 0 Å². The van der Waals surface area contributed by atoms with Gasteiger partial charge in [0.25, 0.3) is 23.4 Å². The molecular formula is C26H38ClF2N5O5. The zero-order valence-electron chi connectivity index (χ0n) is 22.8. The van der Waals surface area contributed by atoms with Crippen molar-refractivity contribution in [1.82, 2.24) is 26.0 Å². The number of hydrazine groups is 1. The maximum absolute atomic E-state index is 14.4. The fraction of sp³-hybridized carbons (Fsp3) is 0.808. The molecule has 2 heterocycles. The van der Waals surface area contributed by atoms with Crippen LogP contribution in [0.5, 0.6) is 0 Å². The molecule has 7 atom stereocenters.